The van der Waals surface area contributed by atoms with Crippen molar-refractivity contribution in [3.63, 3.8) is 0 Å². The normalized spacial score (nSPS) is 11.4. The number of nitrogens with one attached hydrogen (secondary N) is 1. The number of rotatable bonds is 5. The van der Waals surface area contributed by atoms with Gasteiger partial charge in [0.15, 0.2) is 0 Å². The lowest BCUT2D eigenvalue weighted by molar-refractivity contribution is 0.310. The lowest BCUT2D eigenvalue weighted by Crippen LogP contribution is -2.22. The minimum Gasteiger partial charge on any atom is -0.497 e. The number of aromatic nitrogens is 3. The van der Waals surface area contributed by atoms with Crippen molar-refractivity contribution in [2.24, 2.45) is 0 Å². The molecule has 0 radical (unpaired) electrons. The molecule has 0 aliphatic carbocycles. The van der Waals surface area contributed by atoms with Gasteiger partial charge in [0.05, 0.1) is 30.1 Å². The van der Waals surface area contributed by atoms with E-state index >= 15 is 0 Å². The molecule has 0 fully saturated rings. The molecular weight excluding hydrogens is 376 g/mol. The van der Waals surface area contributed by atoms with E-state index in [1.54, 1.807) is 13.2 Å². The Balaban J connectivity index is 1.57. The number of ether oxygens (including phenoxy) is 1. The number of hydrogen-bond acceptors (Lipinski definition) is 5. The molecule has 0 atom stereocenters. The second-order valence-electron chi connectivity index (χ2n) is 6.70. The van der Waals surface area contributed by atoms with E-state index in [9.17, 15) is 4.79 Å². The maximum absolute atomic E-state index is 12.2. The number of fused-ring (bicyclic) bond motifs is 2. The molecule has 2 aromatic carbocycles. The molecular formula is C21H19ClN4O2. The number of H-pyrrole nitrogens is 1. The fourth-order valence-electron chi connectivity index (χ4n) is 3.22. The Bertz CT molecular complexity index is 1220. The lowest BCUT2D eigenvalue weighted by Gasteiger charge is -2.17. The largest absolute Gasteiger partial charge is 0.497 e. The van der Waals surface area contributed by atoms with Gasteiger partial charge in [0.1, 0.15) is 16.7 Å². The summed E-state index contributed by atoms with van der Waals surface area (Å²) in [6, 6.07) is 15.1. The van der Waals surface area contributed by atoms with E-state index in [0.29, 0.717) is 35.0 Å². The highest BCUT2D eigenvalue weighted by atomic mass is 35.5. The molecule has 142 valence electrons. The number of para-hydroxylation sites is 1. The van der Waals surface area contributed by atoms with Crippen molar-refractivity contribution in [1.29, 1.82) is 0 Å². The van der Waals surface area contributed by atoms with E-state index < -0.39 is 0 Å². The summed E-state index contributed by atoms with van der Waals surface area (Å²) in [5.41, 5.74) is 2.25. The van der Waals surface area contributed by atoms with Crippen LogP contribution in [-0.2, 0) is 13.1 Å². The van der Waals surface area contributed by atoms with Gasteiger partial charge >= 0.3 is 0 Å². The third kappa shape index (κ3) is 3.69. The van der Waals surface area contributed by atoms with Crippen molar-refractivity contribution in [3.8, 4) is 5.75 Å². The number of pyridine rings is 1. The summed E-state index contributed by atoms with van der Waals surface area (Å²) in [5.74, 6) is 1.35. The third-order valence-electron chi connectivity index (χ3n) is 4.57. The van der Waals surface area contributed by atoms with Crippen LogP contribution in [0.15, 0.2) is 53.3 Å². The van der Waals surface area contributed by atoms with E-state index in [4.69, 9.17) is 16.3 Å². The van der Waals surface area contributed by atoms with Crippen molar-refractivity contribution in [2.45, 2.75) is 13.1 Å². The number of methoxy groups -OCH3 is 1. The summed E-state index contributed by atoms with van der Waals surface area (Å²) in [4.78, 5) is 26.2. The molecule has 0 saturated heterocycles. The van der Waals surface area contributed by atoms with Gasteiger partial charge in [-0.3, -0.25) is 9.69 Å². The smallest absolute Gasteiger partial charge is 0.258 e. The summed E-state index contributed by atoms with van der Waals surface area (Å²) < 4.78 is 5.24. The molecule has 1 N–H and O–H groups in total. The summed E-state index contributed by atoms with van der Waals surface area (Å²) in [6.45, 7) is 1.06. The zero-order chi connectivity index (χ0) is 19.7. The monoisotopic (exact) mass is 394 g/mol. The Labute approximate surface area is 166 Å². The Morgan fingerprint density at radius 2 is 1.89 bits per heavy atom. The van der Waals surface area contributed by atoms with E-state index in [1.807, 2.05) is 54.4 Å². The van der Waals surface area contributed by atoms with Crippen LogP contribution >= 0.6 is 11.6 Å². The average Bonchev–Trinajstić information content (AvgIpc) is 2.68. The van der Waals surface area contributed by atoms with Crippen molar-refractivity contribution in [1.82, 2.24) is 19.9 Å². The first kappa shape index (κ1) is 18.4. The molecule has 0 amide bonds. The number of nitrogens with zero attached hydrogens (tertiary/aromatic N) is 3. The molecule has 2 heterocycles. The highest BCUT2D eigenvalue weighted by molar-refractivity contribution is 6.30. The van der Waals surface area contributed by atoms with Crippen LogP contribution in [0.3, 0.4) is 0 Å². The van der Waals surface area contributed by atoms with E-state index in [-0.39, 0.29) is 5.56 Å². The second-order valence-corrected chi connectivity index (χ2v) is 7.06. The Morgan fingerprint density at radius 3 is 2.71 bits per heavy atom. The van der Waals surface area contributed by atoms with Crippen LogP contribution in [-0.4, -0.2) is 34.0 Å². The van der Waals surface area contributed by atoms with Crippen LogP contribution in [0.1, 0.15) is 11.4 Å². The zero-order valence-electron chi connectivity index (χ0n) is 15.6. The molecule has 28 heavy (non-hydrogen) atoms. The lowest BCUT2D eigenvalue weighted by atomic mass is 10.1. The van der Waals surface area contributed by atoms with Crippen LogP contribution in [0.4, 0.5) is 0 Å². The predicted octanol–water partition coefficient (Wildman–Crippen LogP) is 3.77. The van der Waals surface area contributed by atoms with Gasteiger partial charge in [-0.1, -0.05) is 23.7 Å². The van der Waals surface area contributed by atoms with Crippen molar-refractivity contribution >= 4 is 33.4 Å². The fraction of sp³-hybridized carbons (Fsp3) is 0.190. The Kier molecular flexibility index (Phi) is 4.98. The standard InChI is InChI=1S/C21H19ClN4O2/c1-26(12-19-23-17-6-4-3-5-16(17)21(27)25-19)11-14-9-13-7-8-15(28-2)10-18(13)24-20(14)22/h3-10H,11-12H2,1-2H3,(H,23,25,27). The minimum atomic E-state index is -0.131. The van der Waals surface area contributed by atoms with Crippen LogP contribution < -0.4 is 10.3 Å². The van der Waals surface area contributed by atoms with E-state index in [2.05, 4.69) is 15.0 Å². The molecule has 7 heteroatoms. The third-order valence-corrected chi connectivity index (χ3v) is 4.90. The Morgan fingerprint density at radius 1 is 1.07 bits per heavy atom. The van der Waals surface area contributed by atoms with Gasteiger partial charge in [0, 0.05) is 23.6 Å². The van der Waals surface area contributed by atoms with Gasteiger partial charge in [-0.15, -0.1) is 0 Å². The molecule has 0 bridgehead atoms. The molecule has 2 aromatic heterocycles. The average molecular weight is 395 g/mol. The van der Waals surface area contributed by atoms with Crippen LogP contribution in [0.5, 0.6) is 5.75 Å². The summed E-state index contributed by atoms with van der Waals surface area (Å²) in [7, 11) is 3.57. The number of benzene rings is 2. The van der Waals surface area contributed by atoms with Gasteiger partial charge in [0.2, 0.25) is 0 Å². The quantitative estimate of drug-likeness (QED) is 0.522. The van der Waals surface area contributed by atoms with Gasteiger partial charge in [-0.2, -0.15) is 0 Å². The SMILES string of the molecule is COc1ccc2cc(CN(C)Cc3nc4ccccc4c(=O)[nH]3)c(Cl)nc2c1. The number of hydrogen-bond donors (Lipinski definition) is 1. The predicted molar refractivity (Wildman–Crippen MR) is 111 cm³/mol. The maximum atomic E-state index is 12.2. The van der Waals surface area contributed by atoms with Crippen molar-refractivity contribution in [3.05, 3.63) is 75.4 Å². The zero-order valence-corrected chi connectivity index (χ0v) is 16.3. The van der Waals surface area contributed by atoms with Gasteiger partial charge in [0.25, 0.3) is 5.56 Å². The highest BCUT2D eigenvalue weighted by Crippen LogP contribution is 2.25. The van der Waals surface area contributed by atoms with Crippen LogP contribution in [0, 0.1) is 0 Å². The molecule has 6 nitrogen and oxygen atoms in total. The number of aromatic amines is 1. The van der Waals surface area contributed by atoms with Crippen LogP contribution in [0.25, 0.3) is 21.8 Å². The number of halogens is 1. The first-order chi connectivity index (χ1) is 13.5. The molecule has 0 saturated carbocycles. The van der Waals surface area contributed by atoms with Crippen molar-refractivity contribution < 1.29 is 4.74 Å². The summed E-state index contributed by atoms with van der Waals surface area (Å²) in [6.07, 6.45) is 0. The molecule has 0 aliphatic heterocycles. The van der Waals surface area contributed by atoms with Crippen LogP contribution in [0.2, 0.25) is 5.15 Å². The summed E-state index contributed by atoms with van der Waals surface area (Å²) in [5, 5.41) is 2.03. The van der Waals surface area contributed by atoms with Crippen molar-refractivity contribution in [2.75, 3.05) is 14.2 Å². The topological polar surface area (TPSA) is 71.1 Å². The molecule has 0 unspecified atom stereocenters. The van der Waals surface area contributed by atoms with Gasteiger partial charge in [-0.05, 0) is 37.4 Å². The minimum absolute atomic E-state index is 0.131. The summed E-state index contributed by atoms with van der Waals surface area (Å²) >= 11 is 6.40. The van der Waals surface area contributed by atoms with E-state index in [1.165, 1.54) is 0 Å². The van der Waals surface area contributed by atoms with Gasteiger partial charge < -0.3 is 9.72 Å². The molecule has 0 aliphatic rings. The van der Waals surface area contributed by atoms with Gasteiger partial charge in [-0.25, -0.2) is 9.97 Å². The first-order valence-electron chi connectivity index (χ1n) is 8.83. The Hall–Kier alpha value is -2.96. The first-order valence-corrected chi connectivity index (χ1v) is 9.21. The highest BCUT2D eigenvalue weighted by Gasteiger charge is 2.11. The second kappa shape index (κ2) is 7.58. The molecule has 4 rings (SSSR count). The molecule has 0 spiro atoms. The maximum Gasteiger partial charge on any atom is 0.258 e. The van der Waals surface area contributed by atoms with E-state index in [0.717, 1.165) is 22.2 Å². The fourth-order valence-corrected chi connectivity index (χ4v) is 3.42. The molecule has 4 aromatic rings.